The van der Waals surface area contributed by atoms with Crippen LogP contribution in [-0.2, 0) is 4.74 Å². The van der Waals surface area contributed by atoms with Crippen LogP contribution in [0.3, 0.4) is 0 Å². The quantitative estimate of drug-likeness (QED) is 0.567. The first-order valence-electron chi connectivity index (χ1n) is 3.84. The van der Waals surface area contributed by atoms with Crippen LogP contribution in [0.1, 0.15) is 40.0 Å². The molecule has 0 amide bonds. The van der Waals surface area contributed by atoms with Crippen molar-refractivity contribution in [1.82, 2.24) is 0 Å². The van der Waals surface area contributed by atoms with Crippen LogP contribution < -0.4 is 0 Å². The van der Waals surface area contributed by atoms with E-state index in [-0.39, 0.29) is 5.60 Å². The average molecular weight is 144 g/mol. The van der Waals surface area contributed by atoms with Crippen LogP contribution in [-0.4, -0.2) is 16.5 Å². The largest absolute Gasteiger partial charge is 0.365 e. The van der Waals surface area contributed by atoms with Crippen LogP contribution >= 0.6 is 0 Å². The Labute approximate surface area is 62.2 Å². The molecule has 1 aliphatic carbocycles. The molecule has 0 atom stereocenters. The highest BCUT2D eigenvalue weighted by Crippen LogP contribution is 2.35. The summed E-state index contributed by atoms with van der Waals surface area (Å²) < 4.78 is 5.42. The van der Waals surface area contributed by atoms with Gasteiger partial charge < -0.3 is 9.84 Å². The van der Waals surface area contributed by atoms with Crippen molar-refractivity contribution in [2.24, 2.45) is 0 Å². The number of aliphatic hydroxyl groups is 1. The summed E-state index contributed by atoms with van der Waals surface area (Å²) >= 11 is 0. The number of rotatable bonds is 1. The highest BCUT2D eigenvalue weighted by Gasteiger charge is 2.38. The summed E-state index contributed by atoms with van der Waals surface area (Å²) in [7, 11) is 0. The van der Waals surface area contributed by atoms with Crippen LogP contribution in [0.15, 0.2) is 0 Å². The Bertz CT molecular complexity index is 120. The topological polar surface area (TPSA) is 29.5 Å². The molecule has 10 heavy (non-hydrogen) atoms. The van der Waals surface area contributed by atoms with Crippen molar-refractivity contribution in [3.05, 3.63) is 0 Å². The van der Waals surface area contributed by atoms with Gasteiger partial charge in [-0.25, -0.2) is 0 Å². The fourth-order valence-electron chi connectivity index (χ4n) is 1.15. The van der Waals surface area contributed by atoms with E-state index in [9.17, 15) is 5.11 Å². The van der Waals surface area contributed by atoms with Gasteiger partial charge in [0.2, 0.25) is 0 Å². The first-order valence-corrected chi connectivity index (χ1v) is 3.84. The van der Waals surface area contributed by atoms with Crippen molar-refractivity contribution >= 4 is 0 Å². The standard InChI is InChI=1S/C8H16O2/c1-7(2,3)10-8(9)5-4-6-8/h9H,4-6H2,1-3H3. The molecular formula is C8H16O2. The summed E-state index contributed by atoms with van der Waals surface area (Å²) in [6.07, 6.45) is 2.68. The lowest BCUT2D eigenvalue weighted by molar-refractivity contribution is -0.288. The third kappa shape index (κ3) is 1.96. The van der Waals surface area contributed by atoms with Gasteiger partial charge in [0, 0.05) is 12.8 Å². The van der Waals surface area contributed by atoms with Crippen molar-refractivity contribution in [2.45, 2.75) is 51.4 Å². The summed E-state index contributed by atoms with van der Waals surface area (Å²) in [5, 5.41) is 9.52. The Hall–Kier alpha value is -0.0800. The van der Waals surface area contributed by atoms with Gasteiger partial charge in [-0.05, 0) is 27.2 Å². The minimum Gasteiger partial charge on any atom is -0.365 e. The van der Waals surface area contributed by atoms with E-state index >= 15 is 0 Å². The molecule has 0 aromatic rings. The minimum absolute atomic E-state index is 0.213. The van der Waals surface area contributed by atoms with E-state index in [1.807, 2.05) is 20.8 Å². The van der Waals surface area contributed by atoms with Gasteiger partial charge in [-0.3, -0.25) is 0 Å². The molecule has 0 spiro atoms. The minimum atomic E-state index is -0.793. The van der Waals surface area contributed by atoms with Gasteiger partial charge in [0.25, 0.3) is 0 Å². The third-order valence-electron chi connectivity index (χ3n) is 1.63. The predicted molar refractivity (Wildman–Crippen MR) is 39.6 cm³/mol. The van der Waals surface area contributed by atoms with E-state index < -0.39 is 5.79 Å². The molecule has 1 saturated carbocycles. The Morgan fingerprint density at radius 1 is 1.30 bits per heavy atom. The molecule has 0 unspecified atom stereocenters. The molecule has 2 heteroatoms. The zero-order chi connectivity index (χ0) is 7.83. The van der Waals surface area contributed by atoms with E-state index in [4.69, 9.17) is 4.74 Å². The van der Waals surface area contributed by atoms with Crippen LogP contribution in [0.5, 0.6) is 0 Å². The van der Waals surface area contributed by atoms with E-state index in [1.54, 1.807) is 0 Å². The first-order chi connectivity index (χ1) is 4.41. The normalized spacial score (nSPS) is 24.0. The lowest BCUT2D eigenvalue weighted by atomic mass is 9.91. The number of ether oxygens (including phenoxy) is 1. The van der Waals surface area contributed by atoms with Crippen LogP contribution in [0, 0.1) is 0 Å². The van der Waals surface area contributed by atoms with Gasteiger partial charge in [0.05, 0.1) is 5.60 Å². The van der Waals surface area contributed by atoms with Gasteiger partial charge in [-0.15, -0.1) is 0 Å². The zero-order valence-corrected chi connectivity index (χ0v) is 6.98. The summed E-state index contributed by atoms with van der Waals surface area (Å²) in [5.74, 6) is -0.793. The van der Waals surface area contributed by atoms with E-state index in [1.165, 1.54) is 0 Å². The predicted octanol–water partition coefficient (Wildman–Crippen LogP) is 1.67. The number of hydrogen-bond donors (Lipinski definition) is 1. The van der Waals surface area contributed by atoms with Gasteiger partial charge in [0.15, 0.2) is 5.79 Å². The maximum Gasteiger partial charge on any atom is 0.166 e. The molecule has 1 fully saturated rings. The van der Waals surface area contributed by atoms with E-state index in [0.29, 0.717) is 0 Å². The highest BCUT2D eigenvalue weighted by atomic mass is 16.6. The van der Waals surface area contributed by atoms with Gasteiger partial charge in [0.1, 0.15) is 0 Å². The molecule has 0 aliphatic heterocycles. The summed E-state index contributed by atoms with van der Waals surface area (Å²) in [6.45, 7) is 5.88. The lowest BCUT2D eigenvalue weighted by Crippen LogP contribution is -2.45. The molecule has 60 valence electrons. The SMILES string of the molecule is CC(C)(C)OC1(O)CCC1. The van der Waals surface area contributed by atoms with Crippen molar-refractivity contribution < 1.29 is 9.84 Å². The summed E-state index contributed by atoms with van der Waals surface area (Å²) in [5.41, 5.74) is -0.213. The second-order valence-corrected chi connectivity index (χ2v) is 4.01. The van der Waals surface area contributed by atoms with Crippen molar-refractivity contribution in [1.29, 1.82) is 0 Å². The summed E-state index contributed by atoms with van der Waals surface area (Å²) in [6, 6.07) is 0. The maximum absolute atomic E-state index is 9.52. The molecule has 0 saturated heterocycles. The van der Waals surface area contributed by atoms with Gasteiger partial charge in [-0.2, -0.15) is 0 Å². The van der Waals surface area contributed by atoms with E-state index in [2.05, 4.69) is 0 Å². The van der Waals surface area contributed by atoms with Gasteiger partial charge >= 0.3 is 0 Å². The van der Waals surface area contributed by atoms with Crippen molar-refractivity contribution in [3.63, 3.8) is 0 Å². The Morgan fingerprint density at radius 2 is 1.80 bits per heavy atom. The molecule has 0 aromatic heterocycles. The lowest BCUT2D eigenvalue weighted by Gasteiger charge is -2.41. The van der Waals surface area contributed by atoms with Crippen LogP contribution in [0.25, 0.3) is 0 Å². The summed E-state index contributed by atoms with van der Waals surface area (Å²) in [4.78, 5) is 0. The molecule has 2 nitrogen and oxygen atoms in total. The Kier molecular flexibility index (Phi) is 1.77. The molecule has 0 radical (unpaired) electrons. The molecule has 1 aliphatic rings. The van der Waals surface area contributed by atoms with Crippen LogP contribution in [0.2, 0.25) is 0 Å². The molecule has 1 N–H and O–H groups in total. The van der Waals surface area contributed by atoms with Crippen LogP contribution in [0.4, 0.5) is 0 Å². The van der Waals surface area contributed by atoms with Gasteiger partial charge in [-0.1, -0.05) is 0 Å². The molecule has 0 aromatic carbocycles. The second kappa shape index (κ2) is 2.21. The third-order valence-corrected chi connectivity index (χ3v) is 1.63. The number of hydrogen-bond acceptors (Lipinski definition) is 2. The second-order valence-electron chi connectivity index (χ2n) is 4.01. The average Bonchev–Trinajstić information content (AvgIpc) is 1.57. The van der Waals surface area contributed by atoms with Crippen molar-refractivity contribution in [3.8, 4) is 0 Å². The molecule has 1 rings (SSSR count). The molecular weight excluding hydrogens is 128 g/mol. The Morgan fingerprint density at radius 3 is 1.90 bits per heavy atom. The fourth-order valence-corrected chi connectivity index (χ4v) is 1.15. The first kappa shape index (κ1) is 8.02. The fraction of sp³-hybridized carbons (Fsp3) is 1.00. The molecule has 0 bridgehead atoms. The zero-order valence-electron chi connectivity index (χ0n) is 6.98. The van der Waals surface area contributed by atoms with E-state index in [0.717, 1.165) is 19.3 Å². The monoisotopic (exact) mass is 144 g/mol. The van der Waals surface area contributed by atoms with Crippen molar-refractivity contribution in [2.75, 3.05) is 0 Å². The highest BCUT2D eigenvalue weighted by molar-refractivity contribution is 4.80. The Balaban J connectivity index is 2.37. The smallest absolute Gasteiger partial charge is 0.166 e. The maximum atomic E-state index is 9.52. The molecule has 0 heterocycles.